The van der Waals surface area contributed by atoms with Crippen LogP contribution in [-0.2, 0) is 15.3 Å². The minimum absolute atomic E-state index is 0.119. The Labute approximate surface area is 212 Å². The maximum Gasteiger partial charge on any atom is 0.270 e. The van der Waals surface area contributed by atoms with Gasteiger partial charge in [0.1, 0.15) is 5.69 Å². The molecule has 0 aliphatic carbocycles. The average Bonchev–Trinajstić information content (AvgIpc) is 2.85. The molecule has 0 radical (unpaired) electrons. The van der Waals surface area contributed by atoms with E-state index in [1.807, 2.05) is 31.2 Å². The molecule has 3 aromatic rings. The van der Waals surface area contributed by atoms with Gasteiger partial charge < -0.3 is 11.1 Å². The summed E-state index contributed by atoms with van der Waals surface area (Å²) in [6.45, 7) is 4.54. The third-order valence-corrected chi connectivity index (χ3v) is 7.69. The van der Waals surface area contributed by atoms with E-state index in [2.05, 4.69) is 22.2 Å². The molecule has 3 N–H and O–H groups in total. The van der Waals surface area contributed by atoms with Crippen LogP contribution in [0.3, 0.4) is 0 Å². The number of nitrogens with two attached hydrogens (primary N) is 1. The lowest BCUT2D eigenvalue weighted by Crippen LogP contribution is -2.38. The first-order valence-corrected chi connectivity index (χ1v) is 13.8. The van der Waals surface area contributed by atoms with Crippen molar-refractivity contribution in [1.82, 2.24) is 15.3 Å². The Balaban J connectivity index is 1.71. The minimum Gasteiger partial charge on any atom is -0.348 e. The molecular formula is C26H31ClN4O3S. The van der Waals surface area contributed by atoms with Crippen molar-refractivity contribution < 1.29 is 13.2 Å². The molecule has 186 valence electrons. The second-order valence-corrected chi connectivity index (χ2v) is 11.3. The number of benzene rings is 2. The van der Waals surface area contributed by atoms with E-state index in [4.69, 9.17) is 17.3 Å². The molecule has 0 saturated heterocycles. The first-order chi connectivity index (χ1) is 16.6. The minimum atomic E-state index is -3.37. The highest BCUT2D eigenvalue weighted by Gasteiger charge is 2.29. The zero-order chi connectivity index (χ0) is 25.6. The standard InChI is InChI=1S/C26H31ClN4O3S/c1-4-26(17-28,20-8-6-9-21(27)16-20)13-11-18(2)30-25(32)23-12-14-29-24(31-23)19-7-5-10-22(15-19)35(3,33)34/h5-10,12,14-16,18H,4,11,13,17,28H2,1-3H3,(H,30,32)/t18-,26-/m1/s1. The predicted octanol–water partition coefficient (Wildman–Crippen LogP) is 4.41. The number of nitrogens with zero attached hydrogens (tertiary/aromatic N) is 2. The van der Waals surface area contributed by atoms with Gasteiger partial charge >= 0.3 is 0 Å². The van der Waals surface area contributed by atoms with Crippen molar-refractivity contribution in [2.75, 3.05) is 12.8 Å². The molecular weight excluding hydrogens is 484 g/mol. The van der Waals surface area contributed by atoms with Crippen LogP contribution >= 0.6 is 11.6 Å². The lowest BCUT2D eigenvalue weighted by atomic mass is 9.74. The number of carbonyl (C=O) groups is 1. The SMILES string of the molecule is CC[C@](CN)(CC[C@@H](C)NC(=O)c1ccnc(-c2cccc(S(C)(=O)=O)c2)n1)c1cccc(Cl)c1. The molecule has 1 aromatic heterocycles. The monoisotopic (exact) mass is 514 g/mol. The summed E-state index contributed by atoms with van der Waals surface area (Å²) in [4.78, 5) is 21.7. The summed E-state index contributed by atoms with van der Waals surface area (Å²) in [5, 5.41) is 3.68. The van der Waals surface area contributed by atoms with Crippen LogP contribution in [0.25, 0.3) is 11.4 Å². The first-order valence-electron chi connectivity index (χ1n) is 11.5. The number of hydrogen-bond donors (Lipinski definition) is 2. The largest absolute Gasteiger partial charge is 0.348 e. The van der Waals surface area contributed by atoms with Crippen molar-refractivity contribution in [3.8, 4) is 11.4 Å². The molecule has 0 bridgehead atoms. The van der Waals surface area contributed by atoms with Gasteiger partial charge in [-0.1, -0.05) is 42.8 Å². The molecule has 2 atom stereocenters. The van der Waals surface area contributed by atoms with E-state index in [0.717, 1.165) is 31.1 Å². The number of rotatable bonds is 10. The van der Waals surface area contributed by atoms with Crippen molar-refractivity contribution in [3.63, 3.8) is 0 Å². The van der Waals surface area contributed by atoms with Gasteiger partial charge in [0.2, 0.25) is 0 Å². The Bertz CT molecular complexity index is 1290. The van der Waals surface area contributed by atoms with E-state index in [1.54, 1.807) is 12.1 Å². The van der Waals surface area contributed by atoms with E-state index in [-0.39, 0.29) is 33.8 Å². The zero-order valence-corrected chi connectivity index (χ0v) is 21.7. The molecule has 0 spiro atoms. The summed E-state index contributed by atoms with van der Waals surface area (Å²) in [5.41, 5.74) is 7.81. The molecule has 0 saturated carbocycles. The van der Waals surface area contributed by atoms with Gasteiger partial charge in [-0.3, -0.25) is 4.79 Å². The number of halogens is 1. The predicted molar refractivity (Wildman–Crippen MR) is 139 cm³/mol. The van der Waals surface area contributed by atoms with E-state index in [9.17, 15) is 13.2 Å². The van der Waals surface area contributed by atoms with Crippen LogP contribution in [0.2, 0.25) is 5.02 Å². The third-order valence-electron chi connectivity index (χ3n) is 6.35. The quantitative estimate of drug-likeness (QED) is 0.414. The van der Waals surface area contributed by atoms with E-state index in [1.165, 1.54) is 24.4 Å². The molecule has 0 unspecified atom stereocenters. The Morgan fingerprint density at radius 3 is 2.57 bits per heavy atom. The van der Waals surface area contributed by atoms with E-state index >= 15 is 0 Å². The Morgan fingerprint density at radius 2 is 1.91 bits per heavy atom. The van der Waals surface area contributed by atoms with Crippen LogP contribution in [-0.4, -0.2) is 43.1 Å². The highest BCUT2D eigenvalue weighted by Crippen LogP contribution is 2.34. The van der Waals surface area contributed by atoms with Crippen LogP contribution in [0, 0.1) is 0 Å². The molecule has 3 rings (SSSR count). The summed E-state index contributed by atoms with van der Waals surface area (Å²) >= 11 is 6.21. The van der Waals surface area contributed by atoms with Gasteiger partial charge in [0.05, 0.1) is 4.90 Å². The van der Waals surface area contributed by atoms with Gasteiger partial charge in [-0.25, -0.2) is 18.4 Å². The number of hydrogen-bond acceptors (Lipinski definition) is 6. The number of carbonyl (C=O) groups excluding carboxylic acids is 1. The van der Waals surface area contributed by atoms with Gasteiger partial charge in [-0.15, -0.1) is 0 Å². The average molecular weight is 515 g/mol. The maximum absolute atomic E-state index is 12.9. The Kier molecular flexibility index (Phi) is 8.64. The van der Waals surface area contributed by atoms with Gasteiger partial charge in [0.25, 0.3) is 5.91 Å². The van der Waals surface area contributed by atoms with Crippen molar-refractivity contribution in [2.45, 2.75) is 49.5 Å². The molecule has 1 heterocycles. The summed E-state index contributed by atoms with van der Waals surface area (Å²) in [6.07, 6.45) is 4.99. The second-order valence-electron chi connectivity index (χ2n) is 8.83. The molecule has 0 aliphatic rings. The Hall–Kier alpha value is -2.81. The third kappa shape index (κ3) is 6.66. The smallest absolute Gasteiger partial charge is 0.270 e. The fraction of sp³-hybridized carbons (Fsp3) is 0.346. The number of aromatic nitrogens is 2. The van der Waals surface area contributed by atoms with Gasteiger partial charge in [-0.05, 0) is 62.1 Å². The molecule has 0 aliphatic heterocycles. The van der Waals surface area contributed by atoms with Crippen molar-refractivity contribution >= 4 is 27.3 Å². The van der Waals surface area contributed by atoms with Crippen LogP contribution < -0.4 is 11.1 Å². The van der Waals surface area contributed by atoms with Crippen molar-refractivity contribution in [1.29, 1.82) is 0 Å². The maximum atomic E-state index is 12.9. The van der Waals surface area contributed by atoms with Crippen LogP contribution in [0.5, 0.6) is 0 Å². The molecule has 1 amide bonds. The summed E-state index contributed by atoms with van der Waals surface area (Å²) in [5.74, 6) is -0.0390. The fourth-order valence-electron chi connectivity index (χ4n) is 4.06. The number of sulfone groups is 1. The Morgan fingerprint density at radius 1 is 1.17 bits per heavy atom. The highest BCUT2D eigenvalue weighted by atomic mass is 35.5. The van der Waals surface area contributed by atoms with Gasteiger partial charge in [0, 0.05) is 41.0 Å². The topological polar surface area (TPSA) is 115 Å². The van der Waals surface area contributed by atoms with Crippen LogP contribution in [0.1, 0.15) is 49.2 Å². The molecule has 35 heavy (non-hydrogen) atoms. The summed E-state index contributed by atoms with van der Waals surface area (Å²) < 4.78 is 23.8. The van der Waals surface area contributed by atoms with Gasteiger partial charge in [-0.2, -0.15) is 0 Å². The molecule has 2 aromatic carbocycles. The fourth-order valence-corrected chi connectivity index (χ4v) is 4.92. The zero-order valence-electron chi connectivity index (χ0n) is 20.2. The highest BCUT2D eigenvalue weighted by molar-refractivity contribution is 7.90. The molecule has 7 nitrogen and oxygen atoms in total. The van der Waals surface area contributed by atoms with Gasteiger partial charge in [0.15, 0.2) is 15.7 Å². The first kappa shape index (κ1) is 26.8. The van der Waals surface area contributed by atoms with E-state index in [0.29, 0.717) is 17.1 Å². The van der Waals surface area contributed by atoms with Crippen molar-refractivity contribution in [3.05, 3.63) is 77.1 Å². The number of nitrogens with one attached hydrogen (secondary N) is 1. The second kappa shape index (κ2) is 11.3. The molecule has 9 heteroatoms. The lowest BCUT2D eigenvalue weighted by molar-refractivity contribution is 0.0931. The molecule has 0 fully saturated rings. The van der Waals surface area contributed by atoms with E-state index < -0.39 is 9.84 Å². The van der Waals surface area contributed by atoms with Crippen LogP contribution in [0.4, 0.5) is 0 Å². The summed E-state index contributed by atoms with van der Waals surface area (Å²) in [7, 11) is -3.37. The normalized spacial score (nSPS) is 14.2. The summed E-state index contributed by atoms with van der Waals surface area (Å²) in [6, 6.07) is 15.6. The van der Waals surface area contributed by atoms with Crippen LogP contribution in [0.15, 0.2) is 65.7 Å². The lowest BCUT2D eigenvalue weighted by Gasteiger charge is -2.33. The van der Waals surface area contributed by atoms with Crippen molar-refractivity contribution in [2.24, 2.45) is 5.73 Å². The number of amides is 1.